The van der Waals surface area contributed by atoms with Crippen LogP contribution in [-0.4, -0.2) is 5.78 Å². The van der Waals surface area contributed by atoms with E-state index in [1.165, 1.54) is 0 Å². The van der Waals surface area contributed by atoms with Gasteiger partial charge in [0.15, 0.2) is 0 Å². The molecule has 1 nitrogen and oxygen atoms in total. The van der Waals surface area contributed by atoms with Crippen molar-refractivity contribution in [3.63, 3.8) is 0 Å². The normalized spacial score (nSPS) is 28.2. The van der Waals surface area contributed by atoms with Gasteiger partial charge < -0.3 is 0 Å². The quantitative estimate of drug-likeness (QED) is 0.631. The van der Waals surface area contributed by atoms with Gasteiger partial charge >= 0.3 is 0 Å². The van der Waals surface area contributed by atoms with Crippen molar-refractivity contribution in [3.05, 3.63) is 0 Å². The Balaban J connectivity index is 2.29. The van der Waals surface area contributed by atoms with E-state index in [1.807, 2.05) is 0 Å². The first-order valence-corrected chi connectivity index (χ1v) is 5.05. The average molecular weight is 168 g/mol. The van der Waals surface area contributed by atoms with Crippen LogP contribution >= 0.6 is 0 Å². The van der Waals surface area contributed by atoms with Crippen molar-refractivity contribution < 1.29 is 4.79 Å². The molecule has 0 saturated heterocycles. The molecule has 70 valence electrons. The fourth-order valence-electron chi connectivity index (χ4n) is 1.88. The highest BCUT2D eigenvalue weighted by molar-refractivity contribution is 5.83. The van der Waals surface area contributed by atoms with Crippen molar-refractivity contribution in [1.82, 2.24) is 0 Å². The molecule has 0 amide bonds. The Kier molecular flexibility index (Phi) is 2.92. The zero-order chi connectivity index (χ0) is 9.30. The minimum absolute atomic E-state index is 0.424. The Labute approximate surface area is 75.5 Å². The number of rotatable bonds is 4. The summed E-state index contributed by atoms with van der Waals surface area (Å²) in [5, 5.41) is 0. The van der Waals surface area contributed by atoms with Gasteiger partial charge in [0.1, 0.15) is 5.78 Å². The summed E-state index contributed by atoms with van der Waals surface area (Å²) in [7, 11) is 0. The molecule has 0 N–H and O–H groups in total. The Hall–Kier alpha value is -0.330. The lowest BCUT2D eigenvalue weighted by molar-refractivity contribution is -0.121. The Bertz CT molecular complexity index is 170. The van der Waals surface area contributed by atoms with Crippen LogP contribution in [0.1, 0.15) is 40.5 Å². The van der Waals surface area contributed by atoms with Crippen LogP contribution in [0.5, 0.6) is 0 Å². The van der Waals surface area contributed by atoms with Crippen LogP contribution in [0.2, 0.25) is 0 Å². The highest BCUT2D eigenvalue weighted by Crippen LogP contribution is 2.45. The Morgan fingerprint density at radius 3 is 2.25 bits per heavy atom. The molecule has 1 rings (SSSR count). The molecule has 0 aromatic rings. The second-order valence-corrected chi connectivity index (χ2v) is 4.81. The van der Waals surface area contributed by atoms with Crippen LogP contribution in [-0.2, 0) is 4.79 Å². The monoisotopic (exact) mass is 168 g/mol. The van der Waals surface area contributed by atoms with E-state index in [1.54, 1.807) is 0 Å². The lowest BCUT2D eigenvalue weighted by Crippen LogP contribution is -2.08. The Morgan fingerprint density at radius 1 is 1.33 bits per heavy atom. The number of carbonyl (C=O) groups excluding carboxylic acids is 1. The molecule has 0 aliphatic heterocycles. The first-order chi connectivity index (χ1) is 5.52. The molecule has 2 atom stereocenters. The van der Waals surface area contributed by atoms with Gasteiger partial charge in [-0.1, -0.05) is 27.7 Å². The fraction of sp³-hybridized carbons (Fsp3) is 0.909. The van der Waals surface area contributed by atoms with Crippen molar-refractivity contribution in [3.8, 4) is 0 Å². The number of carbonyl (C=O) groups is 1. The van der Waals surface area contributed by atoms with E-state index < -0.39 is 0 Å². The van der Waals surface area contributed by atoms with Gasteiger partial charge in [-0.25, -0.2) is 0 Å². The van der Waals surface area contributed by atoms with Crippen molar-refractivity contribution in [2.45, 2.75) is 40.5 Å². The number of hydrogen-bond donors (Lipinski definition) is 0. The van der Waals surface area contributed by atoms with Gasteiger partial charge in [-0.3, -0.25) is 4.79 Å². The summed E-state index contributed by atoms with van der Waals surface area (Å²) in [6.45, 7) is 8.66. The van der Waals surface area contributed by atoms with E-state index in [-0.39, 0.29) is 0 Å². The molecule has 0 aromatic heterocycles. The third-order valence-corrected chi connectivity index (χ3v) is 2.72. The smallest absolute Gasteiger partial charge is 0.136 e. The van der Waals surface area contributed by atoms with Gasteiger partial charge in [0.05, 0.1) is 0 Å². The molecule has 12 heavy (non-hydrogen) atoms. The van der Waals surface area contributed by atoms with Crippen LogP contribution in [0, 0.1) is 23.7 Å². The fourth-order valence-corrected chi connectivity index (χ4v) is 1.88. The SMILES string of the molecule is CC(C)CC(=O)C1CC1C(C)C. The zero-order valence-corrected chi connectivity index (χ0v) is 8.63. The van der Waals surface area contributed by atoms with Crippen LogP contribution in [0.15, 0.2) is 0 Å². The number of ketones is 1. The molecule has 1 heteroatoms. The maximum absolute atomic E-state index is 11.5. The molecular weight excluding hydrogens is 148 g/mol. The molecule has 0 aromatic carbocycles. The van der Waals surface area contributed by atoms with E-state index in [0.717, 1.165) is 12.8 Å². The summed E-state index contributed by atoms with van der Waals surface area (Å²) in [4.78, 5) is 11.5. The average Bonchev–Trinajstić information content (AvgIpc) is 2.61. The van der Waals surface area contributed by atoms with E-state index in [0.29, 0.717) is 29.5 Å². The summed E-state index contributed by atoms with van der Waals surface area (Å²) in [5.41, 5.74) is 0. The predicted molar refractivity (Wildman–Crippen MR) is 50.9 cm³/mol. The van der Waals surface area contributed by atoms with Crippen molar-refractivity contribution in [2.24, 2.45) is 23.7 Å². The van der Waals surface area contributed by atoms with Crippen LogP contribution < -0.4 is 0 Å². The maximum atomic E-state index is 11.5. The maximum Gasteiger partial charge on any atom is 0.136 e. The number of Topliss-reactive ketones (excluding diaryl/α,β-unsaturated/α-hetero) is 1. The molecule has 0 bridgehead atoms. The second kappa shape index (κ2) is 3.59. The molecule has 0 spiro atoms. The van der Waals surface area contributed by atoms with Crippen molar-refractivity contribution in [2.75, 3.05) is 0 Å². The van der Waals surface area contributed by atoms with Crippen LogP contribution in [0.4, 0.5) is 0 Å². The summed E-state index contributed by atoms with van der Waals surface area (Å²) < 4.78 is 0. The largest absolute Gasteiger partial charge is 0.299 e. The van der Waals surface area contributed by atoms with Gasteiger partial charge in [-0.2, -0.15) is 0 Å². The highest BCUT2D eigenvalue weighted by atomic mass is 16.1. The molecular formula is C11H20O. The molecule has 0 radical (unpaired) electrons. The van der Waals surface area contributed by atoms with Crippen molar-refractivity contribution in [1.29, 1.82) is 0 Å². The van der Waals surface area contributed by atoms with Crippen molar-refractivity contribution >= 4 is 5.78 Å². The van der Waals surface area contributed by atoms with Crippen LogP contribution in [0.3, 0.4) is 0 Å². The number of hydrogen-bond acceptors (Lipinski definition) is 1. The van der Waals surface area contributed by atoms with Gasteiger partial charge in [-0.15, -0.1) is 0 Å². The third kappa shape index (κ3) is 2.33. The molecule has 1 aliphatic rings. The summed E-state index contributed by atoms with van der Waals surface area (Å²) in [6.07, 6.45) is 1.94. The minimum atomic E-state index is 0.424. The van der Waals surface area contributed by atoms with Crippen LogP contribution in [0.25, 0.3) is 0 Å². The van der Waals surface area contributed by atoms with E-state index in [4.69, 9.17) is 0 Å². The predicted octanol–water partition coefficient (Wildman–Crippen LogP) is 2.89. The molecule has 1 fully saturated rings. The van der Waals surface area contributed by atoms with Gasteiger partial charge in [0.2, 0.25) is 0 Å². The highest BCUT2D eigenvalue weighted by Gasteiger charge is 2.43. The standard InChI is InChI=1S/C11H20O/c1-7(2)5-11(12)10-6-9(10)8(3)4/h7-10H,5-6H2,1-4H3. The molecule has 1 aliphatic carbocycles. The molecule has 2 unspecified atom stereocenters. The first-order valence-electron chi connectivity index (χ1n) is 5.05. The van der Waals surface area contributed by atoms with E-state index in [2.05, 4.69) is 27.7 Å². The zero-order valence-electron chi connectivity index (χ0n) is 8.63. The summed E-state index contributed by atoms with van der Waals surface area (Å²) in [5.74, 6) is 2.87. The van der Waals surface area contributed by atoms with Gasteiger partial charge in [0.25, 0.3) is 0 Å². The minimum Gasteiger partial charge on any atom is -0.299 e. The van der Waals surface area contributed by atoms with E-state index in [9.17, 15) is 4.79 Å². The first kappa shape index (κ1) is 9.76. The Morgan fingerprint density at radius 2 is 1.92 bits per heavy atom. The topological polar surface area (TPSA) is 17.1 Å². The summed E-state index contributed by atoms with van der Waals surface area (Å²) >= 11 is 0. The van der Waals surface area contributed by atoms with E-state index >= 15 is 0 Å². The molecule has 0 heterocycles. The second-order valence-electron chi connectivity index (χ2n) is 4.81. The lowest BCUT2D eigenvalue weighted by Gasteiger charge is -2.04. The lowest BCUT2D eigenvalue weighted by atomic mass is 10.00. The van der Waals surface area contributed by atoms with Gasteiger partial charge in [0, 0.05) is 12.3 Å². The molecule has 1 saturated carbocycles. The third-order valence-electron chi connectivity index (χ3n) is 2.72. The van der Waals surface area contributed by atoms with Gasteiger partial charge in [-0.05, 0) is 24.2 Å². The summed E-state index contributed by atoms with van der Waals surface area (Å²) in [6, 6.07) is 0.